The first-order valence-corrected chi connectivity index (χ1v) is 7.46. The van der Waals surface area contributed by atoms with Crippen molar-refractivity contribution in [3.63, 3.8) is 0 Å². The van der Waals surface area contributed by atoms with E-state index in [1.807, 2.05) is 19.3 Å². The molecule has 0 bridgehead atoms. The second-order valence-electron chi connectivity index (χ2n) is 5.22. The van der Waals surface area contributed by atoms with Gasteiger partial charge in [-0.3, -0.25) is 9.88 Å². The summed E-state index contributed by atoms with van der Waals surface area (Å²) in [5.74, 6) is 0. The number of aliphatic hydroxyl groups is 1. The van der Waals surface area contributed by atoms with Crippen LogP contribution in [0.1, 0.15) is 38.2 Å². The van der Waals surface area contributed by atoms with E-state index < -0.39 is 0 Å². The summed E-state index contributed by atoms with van der Waals surface area (Å²) < 4.78 is 1.03. The summed E-state index contributed by atoms with van der Waals surface area (Å²) in [7, 11) is 0. The van der Waals surface area contributed by atoms with Crippen molar-refractivity contribution in [3.05, 3.63) is 28.5 Å². The van der Waals surface area contributed by atoms with Crippen molar-refractivity contribution in [2.24, 2.45) is 0 Å². The second-order valence-corrected chi connectivity index (χ2v) is 6.13. The van der Waals surface area contributed by atoms with Crippen LogP contribution in [-0.4, -0.2) is 33.7 Å². The number of likely N-dealkylation sites (tertiary alicyclic amines) is 1. The Labute approximate surface area is 117 Å². The monoisotopic (exact) mass is 312 g/mol. The van der Waals surface area contributed by atoms with Crippen LogP contribution in [0, 0.1) is 0 Å². The van der Waals surface area contributed by atoms with Gasteiger partial charge in [-0.25, -0.2) is 0 Å². The molecule has 3 nitrogen and oxygen atoms in total. The lowest BCUT2D eigenvalue weighted by Crippen LogP contribution is -2.40. The fourth-order valence-corrected chi connectivity index (χ4v) is 3.12. The number of pyridine rings is 1. The van der Waals surface area contributed by atoms with Gasteiger partial charge < -0.3 is 5.11 Å². The fourth-order valence-electron chi connectivity index (χ4n) is 2.71. The van der Waals surface area contributed by atoms with Crippen LogP contribution in [0.15, 0.2) is 22.9 Å². The first kappa shape index (κ1) is 14.0. The van der Waals surface area contributed by atoms with Crippen molar-refractivity contribution in [1.29, 1.82) is 0 Å². The number of piperidine rings is 1. The van der Waals surface area contributed by atoms with Gasteiger partial charge in [-0.15, -0.1) is 0 Å². The highest BCUT2D eigenvalue weighted by molar-refractivity contribution is 9.10. The molecular formula is C14H21BrN2O. The highest BCUT2D eigenvalue weighted by atomic mass is 79.9. The normalized spacial score (nSPS) is 22.9. The Kier molecular flexibility index (Phi) is 5.15. The summed E-state index contributed by atoms with van der Waals surface area (Å²) in [6, 6.07) is 2.64. The summed E-state index contributed by atoms with van der Waals surface area (Å²) in [6.07, 6.45) is 8.15. The van der Waals surface area contributed by atoms with Crippen LogP contribution in [-0.2, 0) is 6.54 Å². The van der Waals surface area contributed by atoms with Gasteiger partial charge in [-0.2, -0.15) is 0 Å². The number of aliphatic hydroxyl groups excluding tert-OH is 1. The molecule has 2 heterocycles. The third-order valence-corrected chi connectivity index (χ3v) is 3.94. The van der Waals surface area contributed by atoms with E-state index in [9.17, 15) is 5.11 Å². The Balaban J connectivity index is 2.00. The number of aromatic nitrogens is 1. The Morgan fingerprint density at radius 1 is 1.50 bits per heavy atom. The topological polar surface area (TPSA) is 36.4 Å². The van der Waals surface area contributed by atoms with E-state index in [1.165, 1.54) is 24.8 Å². The number of rotatable bonds is 4. The average Bonchev–Trinajstić information content (AvgIpc) is 2.31. The molecule has 0 radical (unpaired) electrons. The summed E-state index contributed by atoms with van der Waals surface area (Å²) >= 11 is 3.46. The van der Waals surface area contributed by atoms with Gasteiger partial charge in [0.1, 0.15) is 0 Å². The van der Waals surface area contributed by atoms with Crippen LogP contribution in [0.5, 0.6) is 0 Å². The van der Waals surface area contributed by atoms with Crippen LogP contribution in [0.2, 0.25) is 0 Å². The quantitative estimate of drug-likeness (QED) is 0.928. The van der Waals surface area contributed by atoms with Crippen molar-refractivity contribution in [1.82, 2.24) is 9.88 Å². The maximum absolute atomic E-state index is 9.59. The molecule has 1 aromatic heterocycles. The molecule has 1 fully saturated rings. The lowest BCUT2D eigenvalue weighted by Gasteiger charge is -2.36. The van der Waals surface area contributed by atoms with Crippen molar-refractivity contribution in [2.75, 3.05) is 6.54 Å². The van der Waals surface area contributed by atoms with Gasteiger partial charge in [-0.05, 0) is 60.3 Å². The van der Waals surface area contributed by atoms with E-state index in [-0.39, 0.29) is 6.10 Å². The Hall–Kier alpha value is -0.450. The average molecular weight is 313 g/mol. The second kappa shape index (κ2) is 6.64. The predicted octanol–water partition coefficient (Wildman–Crippen LogP) is 2.97. The Bertz CT molecular complexity index is 384. The Morgan fingerprint density at radius 2 is 2.33 bits per heavy atom. The third-order valence-electron chi connectivity index (χ3n) is 3.51. The van der Waals surface area contributed by atoms with Gasteiger partial charge in [0.2, 0.25) is 0 Å². The van der Waals surface area contributed by atoms with E-state index >= 15 is 0 Å². The molecule has 1 aliphatic rings. The van der Waals surface area contributed by atoms with E-state index in [1.54, 1.807) is 0 Å². The number of hydrogen-bond acceptors (Lipinski definition) is 3. The molecule has 2 atom stereocenters. The van der Waals surface area contributed by atoms with Gasteiger partial charge in [0.15, 0.2) is 0 Å². The lowest BCUT2D eigenvalue weighted by molar-refractivity contribution is 0.0817. The fraction of sp³-hybridized carbons (Fsp3) is 0.643. The zero-order valence-electron chi connectivity index (χ0n) is 10.8. The van der Waals surface area contributed by atoms with Crippen LogP contribution in [0.3, 0.4) is 0 Å². The van der Waals surface area contributed by atoms with E-state index in [2.05, 4.69) is 31.9 Å². The molecule has 1 aromatic rings. The van der Waals surface area contributed by atoms with E-state index in [4.69, 9.17) is 0 Å². The van der Waals surface area contributed by atoms with Gasteiger partial charge in [0, 0.05) is 29.5 Å². The highest BCUT2D eigenvalue weighted by Crippen LogP contribution is 2.23. The summed E-state index contributed by atoms with van der Waals surface area (Å²) in [4.78, 5) is 6.70. The molecule has 0 spiro atoms. The summed E-state index contributed by atoms with van der Waals surface area (Å²) in [5, 5.41) is 9.59. The number of hydrogen-bond donors (Lipinski definition) is 1. The van der Waals surface area contributed by atoms with Crippen LogP contribution >= 0.6 is 15.9 Å². The van der Waals surface area contributed by atoms with Crippen molar-refractivity contribution in [2.45, 2.75) is 51.3 Å². The molecule has 2 unspecified atom stereocenters. The minimum absolute atomic E-state index is 0.212. The molecule has 1 saturated heterocycles. The molecule has 2 rings (SSSR count). The van der Waals surface area contributed by atoms with E-state index in [0.29, 0.717) is 6.04 Å². The minimum atomic E-state index is -0.212. The molecule has 1 N–H and O–H groups in total. The van der Waals surface area contributed by atoms with Crippen LogP contribution in [0.25, 0.3) is 0 Å². The molecule has 0 aliphatic carbocycles. The van der Waals surface area contributed by atoms with Gasteiger partial charge >= 0.3 is 0 Å². The third kappa shape index (κ3) is 4.04. The summed E-state index contributed by atoms with van der Waals surface area (Å²) in [6.45, 7) is 3.95. The van der Waals surface area contributed by atoms with Gasteiger partial charge in [0.25, 0.3) is 0 Å². The van der Waals surface area contributed by atoms with Crippen molar-refractivity contribution in [3.8, 4) is 0 Å². The zero-order valence-corrected chi connectivity index (χ0v) is 12.4. The largest absolute Gasteiger partial charge is 0.393 e. The molecule has 1 aliphatic heterocycles. The molecular weight excluding hydrogens is 292 g/mol. The number of nitrogens with zero attached hydrogens (tertiary/aromatic N) is 2. The van der Waals surface area contributed by atoms with Gasteiger partial charge in [-0.1, -0.05) is 6.42 Å². The number of halogens is 1. The highest BCUT2D eigenvalue weighted by Gasteiger charge is 2.23. The molecule has 0 saturated carbocycles. The predicted molar refractivity (Wildman–Crippen MR) is 76.3 cm³/mol. The first-order valence-electron chi connectivity index (χ1n) is 6.66. The van der Waals surface area contributed by atoms with E-state index in [0.717, 1.165) is 24.0 Å². The smallest absolute Gasteiger partial charge is 0.0527 e. The van der Waals surface area contributed by atoms with Crippen LogP contribution < -0.4 is 0 Å². The molecule has 18 heavy (non-hydrogen) atoms. The first-order chi connectivity index (χ1) is 8.65. The zero-order chi connectivity index (χ0) is 13.0. The lowest BCUT2D eigenvalue weighted by atomic mass is 9.97. The maximum Gasteiger partial charge on any atom is 0.0527 e. The minimum Gasteiger partial charge on any atom is -0.393 e. The maximum atomic E-state index is 9.59. The Morgan fingerprint density at radius 3 is 3.06 bits per heavy atom. The van der Waals surface area contributed by atoms with Gasteiger partial charge in [0.05, 0.1) is 6.10 Å². The van der Waals surface area contributed by atoms with Crippen molar-refractivity contribution >= 4 is 15.9 Å². The molecule has 100 valence electrons. The molecule has 0 aromatic carbocycles. The molecule has 0 amide bonds. The molecule has 4 heteroatoms. The SMILES string of the molecule is CC(O)CC1CCCCN1Cc1cncc(Br)c1. The standard InChI is InChI=1S/C14H21BrN2O/c1-11(18)6-14-4-2-3-5-17(14)10-12-7-13(15)9-16-8-12/h7-9,11,14,18H,2-6,10H2,1H3. The summed E-state index contributed by atoms with van der Waals surface area (Å²) in [5.41, 5.74) is 1.24. The van der Waals surface area contributed by atoms with Crippen molar-refractivity contribution < 1.29 is 5.11 Å². The van der Waals surface area contributed by atoms with Crippen LogP contribution in [0.4, 0.5) is 0 Å².